The number of ether oxygens (including phenoxy) is 1. The molecule has 3 aromatic rings. The van der Waals surface area contributed by atoms with Crippen molar-refractivity contribution in [3.63, 3.8) is 0 Å². The SMILES string of the molecule is Br.N=c1sc2c(n1CC(=O)c1ccc(OC(=O)c3ccccc3)cc1)CCCC2. The lowest BCUT2D eigenvalue weighted by Crippen LogP contribution is -2.22. The van der Waals surface area contributed by atoms with Crippen molar-refractivity contribution in [1.29, 1.82) is 5.41 Å². The maximum atomic E-state index is 12.7. The number of esters is 1. The van der Waals surface area contributed by atoms with Gasteiger partial charge in [-0.15, -0.1) is 28.3 Å². The normalized spacial score (nSPS) is 12.6. The van der Waals surface area contributed by atoms with Gasteiger partial charge in [0.2, 0.25) is 0 Å². The number of hydrogen-bond acceptors (Lipinski definition) is 5. The number of aromatic nitrogens is 1. The molecule has 29 heavy (non-hydrogen) atoms. The number of fused-ring (bicyclic) bond motifs is 1. The number of nitrogens with one attached hydrogen (secondary N) is 1. The van der Waals surface area contributed by atoms with Gasteiger partial charge in [0.15, 0.2) is 10.6 Å². The number of ketones is 1. The summed E-state index contributed by atoms with van der Waals surface area (Å²) in [5, 5.41) is 8.19. The number of Topliss-reactive ketones (excluding diaryl/α,β-unsaturated/α-hetero) is 1. The first-order valence-corrected chi connectivity index (χ1v) is 10.1. The molecule has 0 unspecified atom stereocenters. The van der Waals surface area contributed by atoms with E-state index in [1.54, 1.807) is 48.5 Å². The van der Waals surface area contributed by atoms with Gasteiger partial charge in [-0.2, -0.15) is 0 Å². The van der Waals surface area contributed by atoms with Crippen LogP contribution in [0.4, 0.5) is 0 Å². The highest BCUT2D eigenvalue weighted by atomic mass is 79.9. The van der Waals surface area contributed by atoms with Crippen molar-refractivity contribution in [2.45, 2.75) is 32.2 Å². The molecule has 1 aromatic heterocycles. The van der Waals surface area contributed by atoms with Gasteiger partial charge in [-0.05, 0) is 62.1 Å². The summed E-state index contributed by atoms with van der Waals surface area (Å²) in [6, 6.07) is 15.4. The molecule has 0 saturated heterocycles. The molecule has 1 aliphatic rings. The minimum atomic E-state index is -0.431. The number of aryl methyl sites for hydroxylation is 1. The third-order valence-electron chi connectivity index (χ3n) is 4.88. The summed E-state index contributed by atoms with van der Waals surface area (Å²) in [7, 11) is 0. The third kappa shape index (κ3) is 4.74. The number of carbonyl (C=O) groups is 2. The Balaban J connectivity index is 0.00000240. The fourth-order valence-electron chi connectivity index (χ4n) is 3.40. The van der Waals surface area contributed by atoms with Crippen LogP contribution in [0.15, 0.2) is 54.6 Å². The van der Waals surface area contributed by atoms with Crippen LogP contribution >= 0.6 is 28.3 Å². The molecule has 2 aromatic carbocycles. The van der Waals surface area contributed by atoms with E-state index in [1.165, 1.54) is 16.2 Å². The van der Waals surface area contributed by atoms with Gasteiger partial charge in [0, 0.05) is 16.1 Å². The highest BCUT2D eigenvalue weighted by molar-refractivity contribution is 8.93. The average Bonchev–Trinajstić information content (AvgIpc) is 3.04. The van der Waals surface area contributed by atoms with E-state index in [0.717, 1.165) is 31.4 Å². The van der Waals surface area contributed by atoms with E-state index >= 15 is 0 Å². The Morgan fingerprint density at radius 2 is 1.66 bits per heavy atom. The maximum Gasteiger partial charge on any atom is 0.343 e. The summed E-state index contributed by atoms with van der Waals surface area (Å²) in [6.45, 7) is 0.174. The molecule has 0 saturated carbocycles. The molecule has 0 aliphatic heterocycles. The van der Waals surface area contributed by atoms with Crippen molar-refractivity contribution in [2.75, 3.05) is 0 Å². The third-order valence-corrected chi connectivity index (χ3v) is 5.98. The molecule has 0 fully saturated rings. The summed E-state index contributed by atoms with van der Waals surface area (Å²) < 4.78 is 7.19. The minimum Gasteiger partial charge on any atom is -0.423 e. The van der Waals surface area contributed by atoms with Crippen LogP contribution in [0, 0.1) is 5.41 Å². The highest BCUT2D eigenvalue weighted by Gasteiger charge is 2.19. The maximum absolute atomic E-state index is 12.7. The largest absolute Gasteiger partial charge is 0.423 e. The smallest absolute Gasteiger partial charge is 0.343 e. The van der Waals surface area contributed by atoms with Gasteiger partial charge in [-0.3, -0.25) is 10.2 Å². The van der Waals surface area contributed by atoms with Crippen molar-refractivity contribution < 1.29 is 14.3 Å². The van der Waals surface area contributed by atoms with E-state index in [0.29, 0.717) is 21.7 Å². The number of rotatable bonds is 5. The molecular weight excluding hydrogens is 452 g/mol. The first kappa shape index (κ1) is 21.2. The molecule has 1 heterocycles. The van der Waals surface area contributed by atoms with Gasteiger partial charge in [-0.25, -0.2) is 4.79 Å². The van der Waals surface area contributed by atoms with Crippen LogP contribution in [0.1, 0.15) is 44.1 Å². The Kier molecular flexibility index (Phi) is 6.82. The molecular formula is C22H21BrN2O3S. The number of halogens is 1. The van der Waals surface area contributed by atoms with Crippen LogP contribution in [0.2, 0.25) is 0 Å². The molecule has 5 nitrogen and oxygen atoms in total. The summed E-state index contributed by atoms with van der Waals surface area (Å²) in [4.78, 5) is 26.5. The van der Waals surface area contributed by atoms with Gasteiger partial charge in [0.05, 0.1) is 12.1 Å². The Morgan fingerprint density at radius 1 is 0.966 bits per heavy atom. The van der Waals surface area contributed by atoms with Crippen molar-refractivity contribution in [3.05, 3.63) is 81.1 Å². The van der Waals surface area contributed by atoms with Gasteiger partial charge >= 0.3 is 5.97 Å². The Morgan fingerprint density at radius 3 is 2.38 bits per heavy atom. The molecule has 4 rings (SSSR count). The Hall–Kier alpha value is -2.51. The van der Waals surface area contributed by atoms with E-state index in [2.05, 4.69) is 0 Å². The van der Waals surface area contributed by atoms with E-state index < -0.39 is 5.97 Å². The number of hydrogen-bond donors (Lipinski definition) is 1. The molecule has 0 amide bonds. The van der Waals surface area contributed by atoms with Crippen LogP contribution in [0.3, 0.4) is 0 Å². The molecule has 0 radical (unpaired) electrons. The van der Waals surface area contributed by atoms with E-state index in [-0.39, 0.29) is 29.3 Å². The first-order valence-electron chi connectivity index (χ1n) is 9.28. The predicted molar refractivity (Wildman–Crippen MR) is 117 cm³/mol. The average molecular weight is 473 g/mol. The highest BCUT2D eigenvalue weighted by Crippen LogP contribution is 2.24. The molecule has 1 N–H and O–H groups in total. The van der Waals surface area contributed by atoms with E-state index in [1.807, 2.05) is 10.6 Å². The summed E-state index contributed by atoms with van der Waals surface area (Å²) in [5.74, 6) is -0.0864. The lowest BCUT2D eigenvalue weighted by Gasteiger charge is -2.14. The van der Waals surface area contributed by atoms with Crippen LogP contribution in [-0.2, 0) is 19.4 Å². The summed E-state index contributed by atoms with van der Waals surface area (Å²) in [6.07, 6.45) is 4.21. The zero-order chi connectivity index (χ0) is 19.5. The second kappa shape index (κ2) is 9.33. The quantitative estimate of drug-likeness (QED) is 0.335. The number of thiazole rings is 1. The minimum absolute atomic E-state index is 0. The van der Waals surface area contributed by atoms with Crippen LogP contribution in [-0.4, -0.2) is 16.3 Å². The fourth-order valence-corrected chi connectivity index (χ4v) is 4.50. The van der Waals surface area contributed by atoms with Crippen LogP contribution in [0.25, 0.3) is 0 Å². The molecule has 150 valence electrons. The second-order valence-electron chi connectivity index (χ2n) is 6.77. The van der Waals surface area contributed by atoms with Gasteiger partial charge < -0.3 is 9.30 Å². The predicted octanol–water partition coefficient (Wildman–Crippen LogP) is 4.59. The van der Waals surface area contributed by atoms with Gasteiger partial charge in [0.25, 0.3) is 0 Å². The first-order chi connectivity index (χ1) is 13.6. The van der Waals surface area contributed by atoms with Gasteiger partial charge in [-0.1, -0.05) is 18.2 Å². The fraction of sp³-hybridized carbons (Fsp3) is 0.227. The lowest BCUT2D eigenvalue weighted by atomic mass is 10.0. The topological polar surface area (TPSA) is 72.2 Å². The van der Waals surface area contributed by atoms with E-state index in [4.69, 9.17) is 10.1 Å². The van der Waals surface area contributed by atoms with Crippen molar-refractivity contribution in [2.24, 2.45) is 0 Å². The number of nitrogens with zero attached hydrogens (tertiary/aromatic N) is 1. The van der Waals surface area contributed by atoms with E-state index in [9.17, 15) is 9.59 Å². The molecule has 1 aliphatic carbocycles. The lowest BCUT2D eigenvalue weighted by molar-refractivity contribution is 0.0734. The number of carbonyl (C=O) groups excluding carboxylic acids is 2. The molecule has 0 spiro atoms. The molecule has 0 bridgehead atoms. The monoisotopic (exact) mass is 472 g/mol. The van der Waals surface area contributed by atoms with Crippen LogP contribution < -0.4 is 9.54 Å². The van der Waals surface area contributed by atoms with Crippen molar-refractivity contribution >= 4 is 40.1 Å². The zero-order valence-corrected chi connectivity index (χ0v) is 18.2. The van der Waals surface area contributed by atoms with Gasteiger partial charge in [0.1, 0.15) is 5.75 Å². The van der Waals surface area contributed by atoms with Crippen LogP contribution in [0.5, 0.6) is 5.75 Å². The second-order valence-corrected chi connectivity index (χ2v) is 7.86. The number of benzene rings is 2. The van der Waals surface area contributed by atoms with Crippen molar-refractivity contribution in [1.82, 2.24) is 4.57 Å². The molecule has 0 atom stereocenters. The molecule has 7 heteroatoms. The standard InChI is InChI=1S/C22H20N2O3S.BrH/c23-22-24(18-8-4-5-9-20(18)28-22)14-19(25)15-10-12-17(13-11-15)27-21(26)16-6-2-1-3-7-16;/h1-3,6-7,10-13,23H,4-5,8-9,14H2;1H. The Bertz CT molecular complexity index is 1070. The summed E-state index contributed by atoms with van der Waals surface area (Å²) >= 11 is 1.48. The van der Waals surface area contributed by atoms with Crippen molar-refractivity contribution in [3.8, 4) is 5.75 Å². The zero-order valence-electron chi connectivity index (χ0n) is 15.7. The Labute approximate surface area is 183 Å². The summed E-state index contributed by atoms with van der Waals surface area (Å²) in [5.41, 5.74) is 2.16.